The van der Waals surface area contributed by atoms with Crippen molar-refractivity contribution in [3.63, 3.8) is 0 Å². The molecule has 9 nitrogen and oxygen atoms in total. The number of nitrogens with zero attached hydrogens (tertiary/aromatic N) is 4. The summed E-state index contributed by atoms with van der Waals surface area (Å²) in [6, 6.07) is 11.5. The lowest BCUT2D eigenvalue weighted by molar-refractivity contribution is -0.386. The van der Waals surface area contributed by atoms with Crippen molar-refractivity contribution in [2.24, 2.45) is 0 Å². The molecule has 0 aliphatic carbocycles. The first-order valence-corrected chi connectivity index (χ1v) is 10.6. The number of anilines is 1. The number of halogens is 2. The first kappa shape index (κ1) is 24.2. The lowest BCUT2D eigenvalue weighted by Gasteiger charge is -2.17. The minimum Gasteiger partial charge on any atom is -0.332 e. The summed E-state index contributed by atoms with van der Waals surface area (Å²) in [5.74, 6) is -0.709. The summed E-state index contributed by atoms with van der Waals surface area (Å²) in [6.45, 7) is 3.41. The molecule has 2 aromatic carbocycles. The standard InChI is InChI=1S/C22H21Cl2N5O4/c1-13-21(29(32)33)14(2)28(26-13)11-15-4-6-16(7-5-15)22(31)27(3)12-20(30)25-17-8-9-18(23)19(24)10-17/h4-10H,11-12H2,1-3H3,(H,25,30). The maximum atomic E-state index is 12.7. The van der Waals surface area contributed by atoms with Crippen LogP contribution >= 0.6 is 23.2 Å². The minimum atomic E-state index is -0.441. The predicted octanol–water partition coefficient (Wildman–Crippen LogP) is 4.47. The van der Waals surface area contributed by atoms with Gasteiger partial charge in [-0.2, -0.15) is 5.10 Å². The molecule has 3 aromatic rings. The van der Waals surface area contributed by atoms with Crippen molar-refractivity contribution in [1.82, 2.24) is 14.7 Å². The van der Waals surface area contributed by atoms with E-state index in [4.69, 9.17) is 23.2 Å². The molecule has 3 rings (SSSR count). The van der Waals surface area contributed by atoms with Gasteiger partial charge in [-0.15, -0.1) is 0 Å². The van der Waals surface area contributed by atoms with Crippen molar-refractivity contribution in [2.75, 3.05) is 18.9 Å². The third-order valence-corrected chi connectivity index (χ3v) is 5.73. The smallest absolute Gasteiger partial charge is 0.312 e. The fourth-order valence-corrected chi connectivity index (χ4v) is 3.61. The van der Waals surface area contributed by atoms with Crippen LogP contribution in [-0.2, 0) is 11.3 Å². The Labute approximate surface area is 200 Å². The van der Waals surface area contributed by atoms with Gasteiger partial charge in [0.1, 0.15) is 11.4 Å². The second-order valence-electron chi connectivity index (χ2n) is 7.47. The summed E-state index contributed by atoms with van der Waals surface area (Å²) in [7, 11) is 1.53. The largest absolute Gasteiger partial charge is 0.332 e. The number of nitro groups is 1. The quantitative estimate of drug-likeness (QED) is 0.388. The second-order valence-corrected chi connectivity index (χ2v) is 8.28. The van der Waals surface area contributed by atoms with E-state index >= 15 is 0 Å². The van der Waals surface area contributed by atoms with Gasteiger partial charge in [-0.05, 0) is 49.7 Å². The van der Waals surface area contributed by atoms with Crippen molar-refractivity contribution in [3.05, 3.63) is 85.1 Å². The van der Waals surface area contributed by atoms with Gasteiger partial charge in [0.15, 0.2) is 0 Å². The summed E-state index contributed by atoms with van der Waals surface area (Å²) < 4.78 is 1.56. The molecular formula is C22H21Cl2N5O4. The van der Waals surface area contributed by atoms with Crippen LogP contribution in [0.15, 0.2) is 42.5 Å². The Morgan fingerprint density at radius 1 is 1.12 bits per heavy atom. The van der Waals surface area contributed by atoms with E-state index in [2.05, 4.69) is 10.4 Å². The monoisotopic (exact) mass is 489 g/mol. The molecule has 0 aliphatic heterocycles. The zero-order valence-electron chi connectivity index (χ0n) is 18.1. The molecule has 172 valence electrons. The highest BCUT2D eigenvalue weighted by molar-refractivity contribution is 6.42. The molecule has 0 saturated carbocycles. The number of likely N-dealkylation sites (N-methyl/N-ethyl adjacent to an activating group) is 1. The van der Waals surface area contributed by atoms with Crippen LogP contribution in [0.1, 0.15) is 27.3 Å². The highest BCUT2D eigenvalue weighted by Gasteiger charge is 2.22. The van der Waals surface area contributed by atoms with Crippen LogP contribution in [0.5, 0.6) is 0 Å². The molecule has 0 saturated heterocycles. The lowest BCUT2D eigenvalue weighted by Crippen LogP contribution is -2.34. The summed E-state index contributed by atoms with van der Waals surface area (Å²) in [4.78, 5) is 37.0. The minimum absolute atomic E-state index is 0.00238. The summed E-state index contributed by atoms with van der Waals surface area (Å²) in [5, 5.41) is 18.8. The average molecular weight is 490 g/mol. The zero-order valence-corrected chi connectivity index (χ0v) is 19.6. The molecule has 0 aliphatic rings. The Morgan fingerprint density at radius 3 is 2.36 bits per heavy atom. The van der Waals surface area contributed by atoms with Gasteiger partial charge < -0.3 is 10.2 Å². The van der Waals surface area contributed by atoms with Crippen molar-refractivity contribution < 1.29 is 14.5 Å². The SMILES string of the molecule is Cc1nn(Cc2ccc(C(=O)N(C)CC(=O)Nc3ccc(Cl)c(Cl)c3)cc2)c(C)c1[N+](=O)[O-]. The third-order valence-electron chi connectivity index (χ3n) is 4.99. The lowest BCUT2D eigenvalue weighted by atomic mass is 10.1. The molecule has 1 heterocycles. The van der Waals surface area contributed by atoms with Gasteiger partial charge in [0.2, 0.25) is 5.91 Å². The molecule has 2 amide bonds. The topological polar surface area (TPSA) is 110 Å². The maximum absolute atomic E-state index is 12.7. The fourth-order valence-electron chi connectivity index (χ4n) is 3.31. The number of aromatic nitrogens is 2. The highest BCUT2D eigenvalue weighted by atomic mass is 35.5. The van der Waals surface area contributed by atoms with Crippen molar-refractivity contribution in [2.45, 2.75) is 20.4 Å². The molecule has 0 radical (unpaired) electrons. The number of rotatable bonds is 7. The van der Waals surface area contributed by atoms with Gasteiger partial charge in [-0.1, -0.05) is 35.3 Å². The Hall–Kier alpha value is -3.43. The highest BCUT2D eigenvalue weighted by Crippen LogP contribution is 2.25. The molecule has 11 heteroatoms. The van der Waals surface area contributed by atoms with Crippen LogP contribution in [0.4, 0.5) is 11.4 Å². The number of carbonyl (C=O) groups excluding carboxylic acids is 2. The van der Waals surface area contributed by atoms with E-state index in [9.17, 15) is 19.7 Å². The first-order chi connectivity index (χ1) is 15.6. The van der Waals surface area contributed by atoms with Gasteiger partial charge in [0.05, 0.1) is 28.1 Å². The van der Waals surface area contributed by atoms with E-state index < -0.39 is 4.92 Å². The summed E-state index contributed by atoms with van der Waals surface area (Å²) >= 11 is 11.8. The van der Waals surface area contributed by atoms with E-state index in [-0.39, 0.29) is 24.0 Å². The summed E-state index contributed by atoms with van der Waals surface area (Å²) in [6.07, 6.45) is 0. The summed E-state index contributed by atoms with van der Waals surface area (Å²) in [5.41, 5.74) is 2.53. The molecule has 1 aromatic heterocycles. The third kappa shape index (κ3) is 5.68. The molecule has 0 unspecified atom stereocenters. The van der Waals surface area contributed by atoms with Crippen LogP contribution < -0.4 is 5.32 Å². The first-order valence-electron chi connectivity index (χ1n) is 9.84. The zero-order chi connectivity index (χ0) is 24.3. The molecule has 1 N–H and O–H groups in total. The van der Waals surface area contributed by atoms with Crippen LogP contribution in [0.2, 0.25) is 10.0 Å². The number of hydrogen-bond acceptors (Lipinski definition) is 5. The number of aryl methyl sites for hydroxylation is 1. The van der Waals surface area contributed by atoms with Gasteiger partial charge in [-0.25, -0.2) is 0 Å². The van der Waals surface area contributed by atoms with Crippen LogP contribution in [0.3, 0.4) is 0 Å². The average Bonchev–Trinajstić information content (AvgIpc) is 3.03. The number of nitrogens with one attached hydrogen (secondary N) is 1. The number of benzene rings is 2. The molecule has 0 atom stereocenters. The molecule has 0 bridgehead atoms. The van der Waals surface area contributed by atoms with E-state index in [1.807, 2.05) is 0 Å². The van der Waals surface area contributed by atoms with Crippen LogP contribution in [0.25, 0.3) is 0 Å². The number of carbonyl (C=O) groups is 2. The second kappa shape index (κ2) is 10.0. The Balaban J connectivity index is 1.62. The van der Waals surface area contributed by atoms with Gasteiger partial charge in [-0.3, -0.25) is 24.4 Å². The van der Waals surface area contributed by atoms with E-state index in [1.165, 1.54) is 18.0 Å². The molecule has 0 fully saturated rings. The van der Waals surface area contributed by atoms with Gasteiger partial charge in [0.25, 0.3) is 5.91 Å². The molecule has 0 spiro atoms. The molecular weight excluding hydrogens is 469 g/mol. The van der Waals surface area contributed by atoms with E-state index in [1.54, 1.807) is 54.9 Å². The predicted molar refractivity (Wildman–Crippen MR) is 126 cm³/mol. The van der Waals surface area contributed by atoms with Crippen LogP contribution in [-0.4, -0.2) is 45.0 Å². The van der Waals surface area contributed by atoms with Gasteiger partial charge in [0, 0.05) is 18.3 Å². The number of amides is 2. The van der Waals surface area contributed by atoms with Crippen LogP contribution in [0, 0.1) is 24.0 Å². The Bertz CT molecular complexity index is 1220. The van der Waals surface area contributed by atoms with Crippen molar-refractivity contribution in [3.8, 4) is 0 Å². The van der Waals surface area contributed by atoms with Crippen molar-refractivity contribution >= 4 is 46.4 Å². The maximum Gasteiger partial charge on any atom is 0.312 e. The van der Waals surface area contributed by atoms with Crippen molar-refractivity contribution in [1.29, 1.82) is 0 Å². The molecule has 33 heavy (non-hydrogen) atoms. The fraction of sp³-hybridized carbons (Fsp3) is 0.227. The van der Waals surface area contributed by atoms with E-state index in [0.29, 0.717) is 39.2 Å². The normalized spacial score (nSPS) is 10.7. The Morgan fingerprint density at radius 2 is 1.79 bits per heavy atom. The number of hydrogen-bond donors (Lipinski definition) is 1. The van der Waals surface area contributed by atoms with E-state index in [0.717, 1.165) is 5.56 Å². The Kier molecular flexibility index (Phi) is 7.35. The van der Waals surface area contributed by atoms with Gasteiger partial charge >= 0.3 is 5.69 Å².